The van der Waals surface area contributed by atoms with Crippen LogP contribution in [0.4, 0.5) is 0 Å². The van der Waals surface area contributed by atoms with Gasteiger partial charge in [-0.15, -0.1) is 0 Å². The van der Waals surface area contributed by atoms with E-state index in [1.165, 1.54) is 36.2 Å². The molecular weight excluding hydrogens is 363 g/mol. The summed E-state index contributed by atoms with van der Waals surface area (Å²) in [6, 6.07) is 8.30. The number of hydrogen-bond acceptors (Lipinski definition) is 1. The van der Waals surface area contributed by atoms with Gasteiger partial charge < -0.3 is 5.11 Å². The van der Waals surface area contributed by atoms with Crippen LogP contribution in [-0.4, -0.2) is 28.1 Å². The van der Waals surface area contributed by atoms with Crippen LogP contribution in [0, 0.1) is 0 Å². The predicted molar refractivity (Wildman–Crippen MR) is 121 cm³/mol. The van der Waals surface area contributed by atoms with Crippen molar-refractivity contribution in [2.75, 3.05) is 0 Å². The molecule has 156 valence electrons. The lowest BCUT2D eigenvalue weighted by atomic mass is 9.99. The summed E-state index contributed by atoms with van der Waals surface area (Å²) in [5, 5.41) is 8.38. The molecule has 4 rings (SSSR count). The van der Waals surface area contributed by atoms with E-state index < -0.39 is 5.97 Å². The van der Waals surface area contributed by atoms with Crippen LogP contribution in [0.3, 0.4) is 0 Å². The monoisotopic (exact) mass is 402 g/mol. The lowest BCUT2D eigenvalue weighted by molar-refractivity contribution is 0.0697. The van der Waals surface area contributed by atoms with Crippen molar-refractivity contribution in [3.63, 3.8) is 0 Å². The molecule has 3 heteroatoms. The van der Waals surface area contributed by atoms with E-state index in [2.05, 4.69) is 0 Å². The van der Waals surface area contributed by atoms with Gasteiger partial charge in [-0.1, -0.05) is 83.9 Å². The fraction of sp³-hybridized carbons (Fsp3) is 0.720. The van der Waals surface area contributed by atoms with Crippen LogP contribution in [-0.2, 0) is 0 Å². The summed E-state index contributed by atoms with van der Waals surface area (Å²) in [6.07, 6.45) is 23.6. The number of carbonyl (C=O) groups is 1. The van der Waals surface area contributed by atoms with Gasteiger partial charge in [0.1, 0.15) is 0 Å². The summed E-state index contributed by atoms with van der Waals surface area (Å²) in [4.78, 5) is 10.2. The minimum absolute atomic E-state index is 0.331. The van der Waals surface area contributed by atoms with E-state index in [1.54, 1.807) is 107 Å². The van der Waals surface area contributed by atoms with Crippen molar-refractivity contribution in [2.24, 2.45) is 0 Å². The Balaban J connectivity index is 0.000000211. The highest BCUT2D eigenvalue weighted by molar-refractivity contribution is 7.60. The van der Waals surface area contributed by atoms with Gasteiger partial charge in [0.05, 0.1) is 5.56 Å². The molecule has 0 amide bonds. The first-order chi connectivity index (χ1) is 13.8. The first-order valence-corrected chi connectivity index (χ1v) is 13.4. The van der Waals surface area contributed by atoms with Crippen molar-refractivity contribution in [3.8, 4) is 0 Å². The van der Waals surface area contributed by atoms with Crippen molar-refractivity contribution in [2.45, 2.75) is 113 Å². The number of carboxylic acid groups (broad SMARTS) is 1. The molecule has 0 aromatic heterocycles. The minimum atomic E-state index is -0.879. The molecule has 0 heterocycles. The third-order valence-corrected chi connectivity index (χ3v) is 11.1. The number of carboxylic acids is 1. The normalized spacial score (nSPS) is 22.5. The van der Waals surface area contributed by atoms with Gasteiger partial charge >= 0.3 is 5.97 Å². The highest BCUT2D eigenvalue weighted by atomic mass is 31.1. The van der Waals surface area contributed by atoms with Gasteiger partial charge in [-0.25, -0.2) is 4.79 Å². The Morgan fingerprint density at radius 3 is 1.29 bits per heavy atom. The molecule has 1 aromatic rings. The van der Waals surface area contributed by atoms with Gasteiger partial charge in [0.2, 0.25) is 0 Å². The summed E-state index contributed by atoms with van der Waals surface area (Å²) < 4.78 is 0. The summed E-state index contributed by atoms with van der Waals surface area (Å²) in [6.45, 7) is 0. The molecule has 3 aliphatic carbocycles. The summed E-state index contributed by atoms with van der Waals surface area (Å²) in [5.41, 5.74) is 3.90. The third-order valence-electron chi connectivity index (χ3n) is 7.01. The Hall–Kier alpha value is -0.880. The maximum Gasteiger partial charge on any atom is 0.335 e. The maximum absolute atomic E-state index is 10.2. The van der Waals surface area contributed by atoms with E-state index in [9.17, 15) is 4.79 Å². The molecule has 1 aromatic carbocycles. The zero-order chi connectivity index (χ0) is 19.6. The lowest BCUT2D eigenvalue weighted by Crippen LogP contribution is -2.28. The summed E-state index contributed by atoms with van der Waals surface area (Å²) in [5.74, 6) is -0.879. The number of hydrogen-bond donors (Lipinski definition) is 1. The topological polar surface area (TPSA) is 37.3 Å². The second kappa shape index (κ2) is 12.0. The van der Waals surface area contributed by atoms with Gasteiger partial charge in [-0.2, -0.15) is 0 Å². The minimum Gasteiger partial charge on any atom is -0.478 e. The molecule has 1 N–H and O–H groups in total. The van der Waals surface area contributed by atoms with Crippen molar-refractivity contribution in [1.82, 2.24) is 0 Å². The van der Waals surface area contributed by atoms with Crippen LogP contribution >= 0.6 is 7.92 Å². The van der Waals surface area contributed by atoms with Gasteiger partial charge in [0, 0.05) is 0 Å². The van der Waals surface area contributed by atoms with E-state index in [-0.39, 0.29) is 0 Å². The van der Waals surface area contributed by atoms with Crippen LogP contribution in [0.5, 0.6) is 0 Å². The molecule has 28 heavy (non-hydrogen) atoms. The average Bonchev–Trinajstić information content (AvgIpc) is 2.77. The van der Waals surface area contributed by atoms with Crippen LogP contribution in [0.15, 0.2) is 30.3 Å². The molecule has 3 fully saturated rings. The molecule has 0 radical (unpaired) electrons. The quantitative estimate of drug-likeness (QED) is 0.521. The largest absolute Gasteiger partial charge is 0.478 e. The van der Waals surface area contributed by atoms with Crippen LogP contribution in [0.25, 0.3) is 0 Å². The van der Waals surface area contributed by atoms with E-state index in [0.29, 0.717) is 13.5 Å². The number of benzene rings is 1. The Morgan fingerprint density at radius 2 is 1.00 bits per heavy atom. The Morgan fingerprint density at radius 1 is 0.643 bits per heavy atom. The standard InChI is InChI=1S/C18H33P.C7H6O2/c1-4-10-16(11-5-1)19(17-12-6-2-7-13-17)18-14-8-3-9-15-18;8-7(9)6-4-2-1-3-5-6/h16-18H,1-15H2;1-5H,(H,8,9). The molecule has 0 unspecified atom stereocenters. The highest BCUT2D eigenvalue weighted by Gasteiger charge is 2.36. The second-order valence-corrected chi connectivity index (χ2v) is 12.1. The molecule has 0 atom stereocenters. The van der Waals surface area contributed by atoms with Gasteiger partial charge in [0.25, 0.3) is 0 Å². The molecule has 0 spiro atoms. The molecule has 0 bridgehead atoms. The fourth-order valence-corrected chi connectivity index (χ4v) is 10.3. The Labute approximate surface area is 173 Å². The molecule has 3 aliphatic rings. The third kappa shape index (κ3) is 6.58. The second-order valence-electron chi connectivity index (χ2n) is 8.99. The lowest BCUT2D eigenvalue weighted by Gasteiger charge is -2.44. The molecular formula is C25H39O2P. The van der Waals surface area contributed by atoms with Gasteiger partial charge in [-0.05, 0) is 67.6 Å². The van der Waals surface area contributed by atoms with Crippen molar-refractivity contribution >= 4 is 13.9 Å². The highest BCUT2D eigenvalue weighted by Crippen LogP contribution is 2.61. The SMILES string of the molecule is C1CCC(P(C2CCCCC2)C2CCCCC2)CC1.O=C(O)c1ccccc1. The molecule has 0 aliphatic heterocycles. The summed E-state index contributed by atoms with van der Waals surface area (Å²) >= 11 is 0. The van der Waals surface area contributed by atoms with Gasteiger partial charge in [0.15, 0.2) is 0 Å². The first-order valence-electron chi connectivity index (χ1n) is 11.8. The van der Waals surface area contributed by atoms with E-state index in [1.807, 2.05) is 0 Å². The fourth-order valence-electron chi connectivity index (χ4n) is 5.61. The smallest absolute Gasteiger partial charge is 0.335 e. The maximum atomic E-state index is 10.2. The molecule has 2 nitrogen and oxygen atoms in total. The average molecular weight is 403 g/mol. The molecule has 3 saturated carbocycles. The first kappa shape index (κ1) is 21.8. The van der Waals surface area contributed by atoms with E-state index >= 15 is 0 Å². The Kier molecular flexibility index (Phi) is 9.32. The number of rotatable bonds is 4. The van der Waals surface area contributed by atoms with Crippen LogP contribution < -0.4 is 0 Å². The zero-order valence-corrected chi connectivity index (χ0v) is 18.4. The van der Waals surface area contributed by atoms with Crippen LogP contribution in [0.2, 0.25) is 0 Å². The van der Waals surface area contributed by atoms with E-state index in [0.717, 1.165) is 0 Å². The van der Waals surface area contributed by atoms with Crippen molar-refractivity contribution < 1.29 is 9.90 Å². The zero-order valence-electron chi connectivity index (χ0n) is 17.5. The van der Waals surface area contributed by atoms with Crippen molar-refractivity contribution in [3.05, 3.63) is 35.9 Å². The van der Waals surface area contributed by atoms with Crippen molar-refractivity contribution in [1.29, 1.82) is 0 Å². The van der Waals surface area contributed by atoms with Gasteiger partial charge in [-0.3, -0.25) is 0 Å². The predicted octanol–water partition coefficient (Wildman–Crippen LogP) is 7.85. The number of aromatic carboxylic acids is 1. The summed E-state index contributed by atoms with van der Waals surface area (Å²) in [7, 11) is 0.385. The van der Waals surface area contributed by atoms with Crippen LogP contribution in [0.1, 0.15) is 107 Å². The molecule has 0 saturated heterocycles. The Bertz CT molecular complexity index is 512. The van der Waals surface area contributed by atoms with E-state index in [4.69, 9.17) is 5.11 Å².